The van der Waals surface area contributed by atoms with E-state index in [1.165, 1.54) is 5.56 Å². The number of aromatic nitrogens is 1. The largest absolute Gasteiger partial charge is 0.484 e. The fourth-order valence-corrected chi connectivity index (χ4v) is 5.35. The normalized spacial score (nSPS) is 14.5. The zero-order valence-corrected chi connectivity index (χ0v) is 24.5. The lowest BCUT2D eigenvalue weighted by Gasteiger charge is -2.28. The van der Waals surface area contributed by atoms with Crippen LogP contribution in [0.5, 0.6) is 5.75 Å². The fraction of sp³-hybridized carbons (Fsp3) is 0.265. The molecule has 0 spiro atoms. The molecule has 3 aromatic carbocycles. The van der Waals surface area contributed by atoms with Gasteiger partial charge in [-0.3, -0.25) is 19.5 Å². The molecule has 0 N–H and O–H groups in total. The molecule has 5 rings (SSSR count). The lowest BCUT2D eigenvalue weighted by molar-refractivity contribution is -0.134. The molecule has 1 aliphatic heterocycles. The second-order valence-electron chi connectivity index (χ2n) is 10.4. The van der Waals surface area contributed by atoms with Crippen LogP contribution < -0.4 is 9.64 Å². The van der Waals surface area contributed by atoms with E-state index in [-0.39, 0.29) is 18.4 Å². The Labute approximate surface area is 252 Å². The first-order valence-electron chi connectivity index (χ1n) is 14.2. The Hall–Kier alpha value is -4.20. The number of amides is 2. The van der Waals surface area contributed by atoms with Crippen molar-refractivity contribution in [2.75, 3.05) is 37.7 Å². The van der Waals surface area contributed by atoms with Crippen LogP contribution >= 0.6 is 11.6 Å². The number of hydrogen-bond donors (Lipinski definition) is 0. The minimum atomic E-state index is -0.129. The van der Waals surface area contributed by atoms with Crippen LogP contribution in [0.25, 0.3) is 11.1 Å². The standard InChI is InChI=1S/C34H35ClN4O3/c1-26(40)39-18-6-17-37(23-27-7-3-2-4-8-27)19-20-38(34(41)25-42-32-13-11-31(35)12-14-32)24-30-21-28(10-15-33(30)39)29-9-5-16-36-22-29/h2-5,7-16,21-22H,6,17-20,23-25H2,1H3. The Balaban J connectivity index is 1.46. The molecular formula is C34H35ClN4O3. The minimum absolute atomic E-state index is 0.0248. The summed E-state index contributed by atoms with van der Waals surface area (Å²) in [5, 5.41) is 0.607. The monoisotopic (exact) mass is 582 g/mol. The van der Waals surface area contributed by atoms with Crippen molar-refractivity contribution in [3.63, 3.8) is 0 Å². The number of ether oxygens (including phenoxy) is 1. The first-order chi connectivity index (χ1) is 20.5. The molecule has 8 heteroatoms. The number of carbonyl (C=O) groups is 2. The van der Waals surface area contributed by atoms with E-state index in [9.17, 15) is 9.59 Å². The summed E-state index contributed by atoms with van der Waals surface area (Å²) in [6.45, 7) is 5.21. The Morgan fingerprint density at radius 1 is 0.881 bits per heavy atom. The molecule has 1 aromatic heterocycles. The first kappa shape index (κ1) is 29.3. The van der Waals surface area contributed by atoms with Gasteiger partial charge in [-0.15, -0.1) is 0 Å². The van der Waals surface area contributed by atoms with Gasteiger partial charge >= 0.3 is 0 Å². The van der Waals surface area contributed by atoms with E-state index in [4.69, 9.17) is 16.3 Å². The Bertz CT molecular complexity index is 1480. The number of anilines is 1. The maximum Gasteiger partial charge on any atom is 0.260 e. The highest BCUT2D eigenvalue weighted by Crippen LogP contribution is 2.30. The summed E-state index contributed by atoms with van der Waals surface area (Å²) in [6.07, 6.45) is 4.37. The van der Waals surface area contributed by atoms with Crippen LogP contribution in [-0.4, -0.2) is 59.4 Å². The second kappa shape index (κ2) is 14.1. The van der Waals surface area contributed by atoms with Gasteiger partial charge in [-0.1, -0.05) is 54.1 Å². The Morgan fingerprint density at radius 3 is 2.43 bits per heavy atom. The molecule has 7 nitrogen and oxygen atoms in total. The number of carbonyl (C=O) groups excluding carboxylic acids is 2. The van der Waals surface area contributed by atoms with Crippen LogP contribution in [0.1, 0.15) is 24.5 Å². The van der Waals surface area contributed by atoms with Crippen molar-refractivity contribution in [2.24, 2.45) is 0 Å². The number of halogens is 1. The van der Waals surface area contributed by atoms with Crippen LogP contribution in [0.3, 0.4) is 0 Å². The van der Waals surface area contributed by atoms with E-state index in [2.05, 4.69) is 28.1 Å². The van der Waals surface area contributed by atoms with E-state index in [0.717, 1.165) is 41.9 Å². The van der Waals surface area contributed by atoms with E-state index < -0.39 is 0 Å². The molecule has 216 valence electrons. The Kier molecular flexibility index (Phi) is 9.85. The SMILES string of the molecule is CC(=O)N1CCCN(Cc2ccccc2)CCN(C(=O)COc2ccc(Cl)cc2)Cc2cc(-c3cccnc3)ccc21. The summed E-state index contributed by atoms with van der Waals surface area (Å²) in [4.78, 5) is 36.9. The second-order valence-corrected chi connectivity index (χ2v) is 10.9. The lowest BCUT2D eigenvalue weighted by Crippen LogP contribution is -2.40. The minimum Gasteiger partial charge on any atom is -0.484 e. The highest BCUT2D eigenvalue weighted by molar-refractivity contribution is 6.30. The number of hydrogen-bond acceptors (Lipinski definition) is 5. The smallest absolute Gasteiger partial charge is 0.260 e. The van der Waals surface area contributed by atoms with Crippen LogP contribution in [0.4, 0.5) is 5.69 Å². The van der Waals surface area contributed by atoms with Crippen LogP contribution in [0.15, 0.2) is 97.3 Å². The molecule has 4 aromatic rings. The molecule has 0 atom stereocenters. The maximum absolute atomic E-state index is 13.7. The quantitative estimate of drug-likeness (QED) is 0.276. The van der Waals surface area contributed by atoms with Crippen molar-refractivity contribution >= 4 is 29.1 Å². The van der Waals surface area contributed by atoms with Crippen molar-refractivity contribution in [2.45, 2.75) is 26.4 Å². The molecule has 0 saturated carbocycles. The third-order valence-corrected chi connectivity index (χ3v) is 7.68. The van der Waals surface area contributed by atoms with Gasteiger partial charge in [0.25, 0.3) is 5.91 Å². The van der Waals surface area contributed by atoms with E-state index in [1.54, 1.807) is 37.4 Å². The molecule has 1 aliphatic rings. The summed E-state index contributed by atoms with van der Waals surface area (Å²) in [5.74, 6) is 0.428. The topological polar surface area (TPSA) is 66.0 Å². The molecular weight excluding hydrogens is 548 g/mol. The summed E-state index contributed by atoms with van der Waals surface area (Å²) >= 11 is 6.02. The van der Waals surface area contributed by atoms with Gasteiger partial charge in [0.2, 0.25) is 5.91 Å². The van der Waals surface area contributed by atoms with Gasteiger partial charge in [0, 0.05) is 69.3 Å². The van der Waals surface area contributed by atoms with E-state index >= 15 is 0 Å². The summed E-state index contributed by atoms with van der Waals surface area (Å²) in [7, 11) is 0. The van der Waals surface area contributed by atoms with Crippen LogP contribution in [0.2, 0.25) is 5.02 Å². The van der Waals surface area contributed by atoms with Crippen molar-refractivity contribution in [1.29, 1.82) is 0 Å². The third-order valence-electron chi connectivity index (χ3n) is 7.43. The average Bonchev–Trinajstić information content (AvgIpc) is 3.04. The molecule has 0 bridgehead atoms. The van der Waals surface area contributed by atoms with E-state index in [1.807, 2.05) is 58.5 Å². The van der Waals surface area contributed by atoms with Gasteiger partial charge in [0.1, 0.15) is 5.75 Å². The predicted octanol–water partition coefficient (Wildman–Crippen LogP) is 6.07. The predicted molar refractivity (Wildman–Crippen MR) is 166 cm³/mol. The molecule has 0 fully saturated rings. The number of benzene rings is 3. The van der Waals surface area contributed by atoms with Gasteiger partial charge in [-0.05, 0) is 71.1 Å². The van der Waals surface area contributed by atoms with Gasteiger partial charge in [-0.25, -0.2) is 0 Å². The van der Waals surface area contributed by atoms with Gasteiger partial charge in [-0.2, -0.15) is 0 Å². The lowest BCUT2D eigenvalue weighted by atomic mass is 10.0. The molecule has 2 heterocycles. The number of pyridine rings is 1. The molecule has 0 saturated heterocycles. The number of fused-ring (bicyclic) bond motifs is 1. The van der Waals surface area contributed by atoms with Gasteiger partial charge in [0.15, 0.2) is 6.61 Å². The average molecular weight is 583 g/mol. The molecule has 0 radical (unpaired) electrons. The Morgan fingerprint density at radius 2 is 1.69 bits per heavy atom. The fourth-order valence-electron chi connectivity index (χ4n) is 5.23. The van der Waals surface area contributed by atoms with Gasteiger partial charge < -0.3 is 14.5 Å². The van der Waals surface area contributed by atoms with Crippen LogP contribution in [0, 0.1) is 0 Å². The maximum atomic E-state index is 13.7. The zero-order valence-electron chi connectivity index (χ0n) is 23.8. The number of nitrogens with zero attached hydrogens (tertiary/aromatic N) is 4. The van der Waals surface area contributed by atoms with Crippen molar-refractivity contribution < 1.29 is 14.3 Å². The molecule has 0 unspecified atom stereocenters. The van der Waals surface area contributed by atoms with Crippen molar-refractivity contribution in [1.82, 2.24) is 14.8 Å². The first-order valence-corrected chi connectivity index (χ1v) is 14.6. The zero-order chi connectivity index (χ0) is 29.3. The highest BCUT2D eigenvalue weighted by atomic mass is 35.5. The summed E-state index contributed by atoms with van der Waals surface area (Å²) in [5.41, 5.74) is 4.90. The van der Waals surface area contributed by atoms with Crippen molar-refractivity contribution in [3.05, 3.63) is 113 Å². The molecule has 42 heavy (non-hydrogen) atoms. The van der Waals surface area contributed by atoms with Crippen LogP contribution in [-0.2, 0) is 22.7 Å². The summed E-state index contributed by atoms with van der Waals surface area (Å²) in [6, 6.07) is 27.3. The highest BCUT2D eigenvalue weighted by Gasteiger charge is 2.23. The summed E-state index contributed by atoms with van der Waals surface area (Å²) < 4.78 is 5.86. The van der Waals surface area contributed by atoms with Crippen molar-refractivity contribution in [3.8, 4) is 16.9 Å². The molecule has 0 aliphatic carbocycles. The van der Waals surface area contributed by atoms with E-state index in [0.29, 0.717) is 37.0 Å². The third kappa shape index (κ3) is 7.75. The number of rotatable bonds is 6. The molecule has 2 amide bonds. The van der Waals surface area contributed by atoms with Gasteiger partial charge in [0.05, 0.1) is 0 Å².